The van der Waals surface area contributed by atoms with Crippen LogP contribution in [0.1, 0.15) is 35.9 Å². The number of aliphatic carboxylic acids is 1. The van der Waals surface area contributed by atoms with Crippen molar-refractivity contribution in [2.45, 2.75) is 26.2 Å². The molecule has 7 heteroatoms. The van der Waals surface area contributed by atoms with Crippen molar-refractivity contribution < 1.29 is 19.4 Å². The fraction of sp³-hybridized carbons (Fsp3) is 0.250. The number of carbonyl (C=O) groups is 2. The van der Waals surface area contributed by atoms with Gasteiger partial charge in [-0.2, -0.15) is 0 Å². The Hall–Kier alpha value is -3.35. The maximum atomic E-state index is 12.5. The standard InChI is InChI=1S/C20H21N3O4/c1-2-3-7-18-22-16-9-8-14(11-17(16)23-18)21-20(26)13-5-4-6-15(10-13)27-12-19(24)25/h4-6,8-11H,2-3,7,12H2,1H3,(H,21,26)(H,22,23)(H,24,25). The Bertz CT molecular complexity index is 965. The van der Waals surface area contributed by atoms with Crippen LogP contribution < -0.4 is 10.1 Å². The number of carboxylic acids is 1. The number of aryl methyl sites for hydroxylation is 1. The number of nitrogens with zero attached hydrogens (tertiary/aromatic N) is 1. The van der Waals surface area contributed by atoms with Crippen molar-refractivity contribution in [2.75, 3.05) is 11.9 Å². The molecule has 0 saturated heterocycles. The zero-order chi connectivity index (χ0) is 19.2. The van der Waals surface area contributed by atoms with E-state index in [4.69, 9.17) is 9.84 Å². The summed E-state index contributed by atoms with van der Waals surface area (Å²) in [5.41, 5.74) is 2.77. The summed E-state index contributed by atoms with van der Waals surface area (Å²) >= 11 is 0. The summed E-state index contributed by atoms with van der Waals surface area (Å²) < 4.78 is 5.11. The number of anilines is 1. The number of ether oxygens (including phenoxy) is 1. The zero-order valence-corrected chi connectivity index (χ0v) is 15.0. The second-order valence-corrected chi connectivity index (χ2v) is 6.18. The fourth-order valence-electron chi connectivity index (χ4n) is 2.68. The van der Waals surface area contributed by atoms with Crippen molar-refractivity contribution >= 4 is 28.6 Å². The van der Waals surface area contributed by atoms with E-state index < -0.39 is 12.6 Å². The molecule has 0 saturated carbocycles. The molecule has 27 heavy (non-hydrogen) atoms. The molecule has 1 amide bonds. The largest absolute Gasteiger partial charge is 0.482 e. The Kier molecular flexibility index (Phi) is 5.71. The Morgan fingerprint density at radius 1 is 1.22 bits per heavy atom. The van der Waals surface area contributed by atoms with Gasteiger partial charge in [-0.3, -0.25) is 4.79 Å². The minimum Gasteiger partial charge on any atom is -0.482 e. The fourth-order valence-corrected chi connectivity index (χ4v) is 2.68. The Labute approximate surface area is 156 Å². The highest BCUT2D eigenvalue weighted by Crippen LogP contribution is 2.20. The lowest BCUT2D eigenvalue weighted by atomic mass is 10.2. The van der Waals surface area contributed by atoms with Crippen molar-refractivity contribution in [1.29, 1.82) is 0 Å². The first-order valence-electron chi connectivity index (χ1n) is 8.80. The third-order valence-corrected chi connectivity index (χ3v) is 4.01. The summed E-state index contributed by atoms with van der Waals surface area (Å²) in [6, 6.07) is 11.9. The van der Waals surface area contributed by atoms with Crippen LogP contribution in [0.15, 0.2) is 42.5 Å². The highest BCUT2D eigenvalue weighted by atomic mass is 16.5. The predicted molar refractivity (Wildman–Crippen MR) is 102 cm³/mol. The van der Waals surface area contributed by atoms with E-state index in [1.54, 1.807) is 24.3 Å². The van der Waals surface area contributed by atoms with Crippen molar-refractivity contribution in [3.8, 4) is 5.75 Å². The third kappa shape index (κ3) is 4.84. The second kappa shape index (κ2) is 8.35. The molecular formula is C20H21N3O4. The lowest BCUT2D eigenvalue weighted by Crippen LogP contribution is -2.13. The van der Waals surface area contributed by atoms with Crippen LogP contribution >= 0.6 is 0 Å². The van der Waals surface area contributed by atoms with E-state index in [1.165, 1.54) is 6.07 Å². The van der Waals surface area contributed by atoms with Gasteiger partial charge in [0.05, 0.1) is 11.0 Å². The SMILES string of the molecule is CCCCc1nc2ccc(NC(=O)c3cccc(OCC(=O)O)c3)cc2[nH]1. The molecule has 0 aliphatic heterocycles. The molecular weight excluding hydrogens is 346 g/mol. The molecule has 1 heterocycles. The summed E-state index contributed by atoms with van der Waals surface area (Å²) in [5.74, 6) is -0.106. The van der Waals surface area contributed by atoms with E-state index in [-0.39, 0.29) is 5.91 Å². The zero-order valence-electron chi connectivity index (χ0n) is 15.0. The summed E-state index contributed by atoms with van der Waals surface area (Å²) in [6.45, 7) is 1.68. The quantitative estimate of drug-likeness (QED) is 0.564. The number of rotatable bonds is 8. The highest BCUT2D eigenvalue weighted by molar-refractivity contribution is 6.05. The number of hydrogen-bond acceptors (Lipinski definition) is 4. The normalized spacial score (nSPS) is 10.7. The molecule has 7 nitrogen and oxygen atoms in total. The van der Waals surface area contributed by atoms with Crippen molar-refractivity contribution in [3.63, 3.8) is 0 Å². The van der Waals surface area contributed by atoms with E-state index in [0.717, 1.165) is 36.1 Å². The maximum absolute atomic E-state index is 12.5. The van der Waals surface area contributed by atoms with Crippen molar-refractivity contribution in [3.05, 3.63) is 53.9 Å². The Morgan fingerprint density at radius 3 is 2.85 bits per heavy atom. The molecule has 0 aliphatic carbocycles. The number of imidazole rings is 1. The molecule has 3 aromatic rings. The molecule has 3 rings (SSSR count). The molecule has 0 radical (unpaired) electrons. The van der Waals surface area contributed by atoms with Gasteiger partial charge in [0.1, 0.15) is 11.6 Å². The smallest absolute Gasteiger partial charge is 0.341 e. The minimum absolute atomic E-state index is 0.305. The van der Waals surface area contributed by atoms with Crippen LogP contribution in [0, 0.1) is 0 Å². The number of aromatic nitrogens is 2. The van der Waals surface area contributed by atoms with Crippen LogP contribution in [0.4, 0.5) is 5.69 Å². The van der Waals surface area contributed by atoms with Crippen LogP contribution in [-0.4, -0.2) is 33.6 Å². The number of nitrogens with one attached hydrogen (secondary N) is 2. The summed E-state index contributed by atoms with van der Waals surface area (Å²) in [7, 11) is 0. The monoisotopic (exact) mass is 367 g/mol. The number of hydrogen-bond donors (Lipinski definition) is 3. The van der Waals surface area contributed by atoms with Crippen molar-refractivity contribution in [1.82, 2.24) is 9.97 Å². The van der Waals surface area contributed by atoms with Gasteiger partial charge in [-0.1, -0.05) is 19.4 Å². The lowest BCUT2D eigenvalue weighted by molar-refractivity contribution is -0.139. The second-order valence-electron chi connectivity index (χ2n) is 6.18. The number of carboxylic acid groups (broad SMARTS) is 1. The van der Waals surface area contributed by atoms with Crippen LogP contribution in [0.3, 0.4) is 0 Å². The van der Waals surface area contributed by atoms with Gasteiger partial charge in [-0.05, 0) is 42.8 Å². The Morgan fingerprint density at radius 2 is 2.07 bits per heavy atom. The maximum Gasteiger partial charge on any atom is 0.341 e. The van der Waals surface area contributed by atoms with E-state index in [2.05, 4.69) is 22.2 Å². The van der Waals surface area contributed by atoms with Crippen LogP contribution in [0.5, 0.6) is 5.75 Å². The van der Waals surface area contributed by atoms with E-state index in [0.29, 0.717) is 17.0 Å². The topological polar surface area (TPSA) is 104 Å². The van der Waals surface area contributed by atoms with E-state index in [1.807, 2.05) is 12.1 Å². The van der Waals surface area contributed by atoms with Gasteiger partial charge in [-0.25, -0.2) is 9.78 Å². The molecule has 0 fully saturated rings. The number of unbranched alkanes of at least 4 members (excludes halogenated alkanes) is 1. The molecule has 1 aromatic heterocycles. The number of aromatic amines is 1. The molecule has 3 N–H and O–H groups in total. The van der Waals surface area contributed by atoms with Crippen molar-refractivity contribution in [2.24, 2.45) is 0 Å². The Balaban J connectivity index is 1.71. The first kappa shape index (κ1) is 18.4. The average molecular weight is 367 g/mol. The van der Waals surface area contributed by atoms with Gasteiger partial charge in [0, 0.05) is 17.7 Å². The van der Waals surface area contributed by atoms with E-state index >= 15 is 0 Å². The third-order valence-electron chi connectivity index (χ3n) is 4.01. The molecule has 0 spiro atoms. The molecule has 0 aliphatic rings. The molecule has 0 atom stereocenters. The average Bonchev–Trinajstić information content (AvgIpc) is 3.07. The summed E-state index contributed by atoms with van der Waals surface area (Å²) in [6.07, 6.45) is 3.08. The highest BCUT2D eigenvalue weighted by Gasteiger charge is 2.10. The predicted octanol–water partition coefficient (Wildman–Crippen LogP) is 3.62. The molecule has 0 unspecified atom stereocenters. The van der Waals surface area contributed by atoms with Crippen LogP contribution in [0.2, 0.25) is 0 Å². The first-order chi connectivity index (χ1) is 13.0. The van der Waals surface area contributed by atoms with Gasteiger partial charge < -0.3 is 20.1 Å². The number of benzene rings is 2. The number of amides is 1. The summed E-state index contributed by atoms with van der Waals surface area (Å²) in [5, 5.41) is 11.5. The van der Waals surface area contributed by atoms with E-state index in [9.17, 15) is 9.59 Å². The molecule has 0 bridgehead atoms. The number of H-pyrrole nitrogens is 1. The van der Waals surface area contributed by atoms with Crippen LogP contribution in [-0.2, 0) is 11.2 Å². The molecule has 140 valence electrons. The van der Waals surface area contributed by atoms with Gasteiger partial charge in [0.15, 0.2) is 6.61 Å². The van der Waals surface area contributed by atoms with Gasteiger partial charge in [0.25, 0.3) is 5.91 Å². The van der Waals surface area contributed by atoms with Gasteiger partial charge in [-0.15, -0.1) is 0 Å². The molecule has 2 aromatic carbocycles. The van der Waals surface area contributed by atoms with Gasteiger partial charge in [0.2, 0.25) is 0 Å². The van der Waals surface area contributed by atoms with Crippen LogP contribution in [0.25, 0.3) is 11.0 Å². The first-order valence-corrected chi connectivity index (χ1v) is 8.80. The number of carbonyl (C=O) groups excluding carboxylic acids is 1. The van der Waals surface area contributed by atoms with Gasteiger partial charge >= 0.3 is 5.97 Å². The summed E-state index contributed by atoms with van der Waals surface area (Å²) in [4.78, 5) is 30.9. The number of fused-ring (bicyclic) bond motifs is 1. The minimum atomic E-state index is -1.07. The lowest BCUT2D eigenvalue weighted by Gasteiger charge is -2.07.